The topological polar surface area (TPSA) is 59.0 Å². The van der Waals surface area contributed by atoms with Crippen LogP contribution in [-0.4, -0.2) is 0 Å². The average molecular weight is 351 g/mol. The molecule has 0 bridgehead atoms. The molecule has 0 saturated carbocycles. The Morgan fingerprint density at radius 3 is 2.60 bits per heavy atom. The number of hydrogen-bond donors (Lipinski definition) is 1. The fraction of sp³-hybridized carbons (Fsp3) is 0.0500. The summed E-state index contributed by atoms with van der Waals surface area (Å²) in [7, 11) is 0. The van der Waals surface area contributed by atoms with Gasteiger partial charge in [-0.05, 0) is 29.0 Å². The van der Waals surface area contributed by atoms with Crippen molar-refractivity contribution in [2.24, 2.45) is 5.73 Å². The van der Waals surface area contributed by atoms with E-state index in [0.717, 1.165) is 10.8 Å². The summed E-state index contributed by atoms with van der Waals surface area (Å²) in [5.41, 5.74) is 7.01. The normalized spacial score (nSPS) is 16.3. The smallest absolute Gasteiger partial charge is 0.205 e. The lowest BCUT2D eigenvalue weighted by molar-refractivity contribution is 0.394. The summed E-state index contributed by atoms with van der Waals surface area (Å²) in [5.74, 6) is -0.749. The quantitative estimate of drug-likeness (QED) is 0.682. The molecule has 0 aromatic heterocycles. The molecule has 122 valence electrons. The van der Waals surface area contributed by atoms with Crippen LogP contribution < -0.4 is 10.5 Å². The number of hydrogen-bond acceptors (Lipinski definition) is 3. The first-order chi connectivity index (χ1) is 12.1. The predicted molar refractivity (Wildman–Crippen MR) is 94.7 cm³/mol. The number of allylic oxidation sites excluding steroid dienone is 1. The molecule has 4 rings (SSSR count). The summed E-state index contributed by atoms with van der Waals surface area (Å²) in [6.45, 7) is 0. The Kier molecular flexibility index (Phi) is 3.60. The van der Waals surface area contributed by atoms with Crippen molar-refractivity contribution in [1.82, 2.24) is 0 Å². The standard InChI is InChI=1S/C20H12ClFN2O/c21-14-6-3-7-15(22)19(14)18-13(10-23)20(24)25-16-9-8-11-4-1-2-5-12(11)17(16)18/h1-9,18H,24H2/t18-/m1/s1. The molecule has 1 aliphatic rings. The van der Waals surface area contributed by atoms with Crippen molar-refractivity contribution in [2.45, 2.75) is 5.92 Å². The summed E-state index contributed by atoms with van der Waals surface area (Å²) < 4.78 is 20.3. The van der Waals surface area contributed by atoms with E-state index < -0.39 is 11.7 Å². The molecule has 0 unspecified atom stereocenters. The summed E-state index contributed by atoms with van der Waals surface area (Å²) >= 11 is 6.30. The molecule has 5 heteroatoms. The van der Waals surface area contributed by atoms with Gasteiger partial charge in [0.15, 0.2) is 0 Å². The molecular weight excluding hydrogens is 339 g/mol. The molecule has 1 atom stereocenters. The molecule has 2 N–H and O–H groups in total. The highest BCUT2D eigenvalue weighted by molar-refractivity contribution is 6.31. The van der Waals surface area contributed by atoms with Crippen molar-refractivity contribution >= 4 is 22.4 Å². The van der Waals surface area contributed by atoms with Crippen molar-refractivity contribution in [1.29, 1.82) is 5.26 Å². The maximum Gasteiger partial charge on any atom is 0.205 e. The summed E-state index contributed by atoms with van der Waals surface area (Å²) in [5, 5.41) is 11.7. The third kappa shape index (κ3) is 2.33. The third-order valence-corrected chi connectivity index (χ3v) is 4.73. The van der Waals surface area contributed by atoms with Gasteiger partial charge in [0.05, 0.1) is 5.92 Å². The molecule has 1 heterocycles. The van der Waals surface area contributed by atoms with E-state index >= 15 is 0 Å². The van der Waals surface area contributed by atoms with Gasteiger partial charge < -0.3 is 10.5 Å². The Morgan fingerprint density at radius 1 is 1.04 bits per heavy atom. The molecular formula is C20H12ClFN2O. The molecule has 0 spiro atoms. The molecule has 0 fully saturated rings. The second-order valence-electron chi connectivity index (χ2n) is 5.76. The number of nitriles is 1. The monoisotopic (exact) mass is 350 g/mol. The first-order valence-electron chi connectivity index (χ1n) is 7.65. The van der Waals surface area contributed by atoms with E-state index in [-0.39, 0.29) is 22.0 Å². The lowest BCUT2D eigenvalue weighted by atomic mass is 9.81. The third-order valence-electron chi connectivity index (χ3n) is 4.40. The van der Waals surface area contributed by atoms with Crippen LogP contribution in [0.25, 0.3) is 10.8 Å². The van der Waals surface area contributed by atoms with Gasteiger partial charge in [-0.25, -0.2) is 4.39 Å². The van der Waals surface area contributed by atoms with Gasteiger partial charge in [0.25, 0.3) is 0 Å². The van der Waals surface area contributed by atoms with Crippen molar-refractivity contribution in [3.63, 3.8) is 0 Å². The Bertz CT molecular complexity index is 1060. The van der Waals surface area contributed by atoms with Crippen LogP contribution >= 0.6 is 11.6 Å². The van der Waals surface area contributed by atoms with E-state index in [2.05, 4.69) is 6.07 Å². The zero-order valence-electron chi connectivity index (χ0n) is 13.0. The minimum absolute atomic E-state index is 0.0328. The average Bonchev–Trinajstić information content (AvgIpc) is 2.61. The van der Waals surface area contributed by atoms with Crippen molar-refractivity contribution < 1.29 is 9.13 Å². The fourth-order valence-electron chi connectivity index (χ4n) is 3.32. The van der Waals surface area contributed by atoms with Gasteiger partial charge in [-0.2, -0.15) is 5.26 Å². The molecule has 0 aliphatic carbocycles. The molecule has 3 nitrogen and oxygen atoms in total. The van der Waals surface area contributed by atoms with Gasteiger partial charge in [0.2, 0.25) is 5.88 Å². The number of ether oxygens (including phenoxy) is 1. The van der Waals surface area contributed by atoms with E-state index in [1.807, 2.05) is 30.3 Å². The second-order valence-corrected chi connectivity index (χ2v) is 6.17. The number of nitrogens with two attached hydrogens (primary N) is 1. The Morgan fingerprint density at radius 2 is 1.84 bits per heavy atom. The van der Waals surface area contributed by atoms with Crippen LogP contribution in [0.4, 0.5) is 4.39 Å². The molecule has 3 aromatic carbocycles. The number of nitrogens with zero attached hydrogens (tertiary/aromatic N) is 1. The fourth-order valence-corrected chi connectivity index (χ4v) is 3.59. The molecule has 0 saturated heterocycles. The highest BCUT2D eigenvalue weighted by Crippen LogP contribution is 2.47. The van der Waals surface area contributed by atoms with Gasteiger partial charge in [-0.15, -0.1) is 0 Å². The summed E-state index contributed by atoms with van der Waals surface area (Å²) in [6.07, 6.45) is 0. The number of rotatable bonds is 1. The second kappa shape index (κ2) is 5.80. The SMILES string of the molecule is N#CC1=C(N)Oc2ccc3ccccc3c2[C@@H]1c1c(F)cccc1Cl. The van der Waals surface area contributed by atoms with Crippen LogP contribution in [0, 0.1) is 17.1 Å². The predicted octanol–water partition coefficient (Wildman–Crippen LogP) is 4.85. The van der Waals surface area contributed by atoms with Gasteiger partial charge >= 0.3 is 0 Å². The first-order valence-corrected chi connectivity index (χ1v) is 8.02. The van der Waals surface area contributed by atoms with E-state index in [4.69, 9.17) is 22.1 Å². The van der Waals surface area contributed by atoms with Crippen LogP contribution in [0.15, 0.2) is 66.1 Å². The molecule has 1 aliphatic heterocycles. The Labute approximate surface area is 148 Å². The van der Waals surface area contributed by atoms with Gasteiger partial charge in [-0.3, -0.25) is 0 Å². The van der Waals surface area contributed by atoms with Crippen LogP contribution in [0.3, 0.4) is 0 Å². The van der Waals surface area contributed by atoms with Crippen molar-refractivity contribution in [3.8, 4) is 11.8 Å². The highest BCUT2D eigenvalue weighted by atomic mass is 35.5. The Balaban J connectivity index is 2.13. The van der Waals surface area contributed by atoms with E-state index in [1.54, 1.807) is 12.1 Å². The largest absolute Gasteiger partial charge is 0.440 e. The summed E-state index contributed by atoms with van der Waals surface area (Å²) in [4.78, 5) is 0. The van der Waals surface area contributed by atoms with E-state index in [1.165, 1.54) is 12.1 Å². The number of benzene rings is 3. The molecule has 0 amide bonds. The number of halogens is 2. The van der Waals surface area contributed by atoms with Gasteiger partial charge in [-0.1, -0.05) is 48.0 Å². The molecule has 3 aromatic rings. The minimum Gasteiger partial charge on any atom is -0.440 e. The lowest BCUT2D eigenvalue weighted by Gasteiger charge is -2.28. The molecule has 25 heavy (non-hydrogen) atoms. The maximum absolute atomic E-state index is 14.7. The van der Waals surface area contributed by atoms with Crippen LogP contribution in [0.5, 0.6) is 5.75 Å². The maximum atomic E-state index is 14.7. The lowest BCUT2D eigenvalue weighted by Crippen LogP contribution is -2.22. The first kappa shape index (κ1) is 15.5. The van der Waals surface area contributed by atoms with Crippen LogP contribution in [0.1, 0.15) is 17.0 Å². The number of fused-ring (bicyclic) bond motifs is 3. The van der Waals surface area contributed by atoms with E-state index in [9.17, 15) is 9.65 Å². The van der Waals surface area contributed by atoms with Crippen molar-refractivity contribution in [2.75, 3.05) is 0 Å². The minimum atomic E-state index is -0.728. The van der Waals surface area contributed by atoms with Gasteiger partial charge in [0.1, 0.15) is 23.2 Å². The van der Waals surface area contributed by atoms with Crippen LogP contribution in [-0.2, 0) is 0 Å². The zero-order valence-corrected chi connectivity index (χ0v) is 13.7. The Hall–Kier alpha value is -3.03. The molecule has 0 radical (unpaired) electrons. The zero-order chi connectivity index (χ0) is 17.6. The highest BCUT2D eigenvalue weighted by Gasteiger charge is 2.35. The van der Waals surface area contributed by atoms with Crippen molar-refractivity contribution in [3.05, 3.63) is 88.0 Å². The van der Waals surface area contributed by atoms with Gasteiger partial charge in [0, 0.05) is 16.1 Å². The van der Waals surface area contributed by atoms with E-state index in [0.29, 0.717) is 11.3 Å². The van der Waals surface area contributed by atoms with Crippen LogP contribution in [0.2, 0.25) is 5.02 Å². The summed E-state index contributed by atoms with van der Waals surface area (Å²) in [6, 6.07) is 17.9.